The Labute approximate surface area is 116 Å². The molecule has 2 nitrogen and oxygen atoms in total. The Hall–Kier alpha value is -1.16. The highest BCUT2D eigenvalue weighted by Crippen LogP contribution is 2.29. The van der Waals surface area contributed by atoms with Gasteiger partial charge in [0.15, 0.2) is 0 Å². The van der Waals surface area contributed by atoms with Gasteiger partial charge in [-0.05, 0) is 36.6 Å². The lowest BCUT2D eigenvalue weighted by atomic mass is 9.97. The largest absolute Gasteiger partial charge is 0.271 e. The fraction of sp³-hybridized carbons (Fsp3) is 0.200. The van der Waals surface area contributed by atoms with Gasteiger partial charge in [-0.25, -0.2) is 5.43 Å². The maximum Gasteiger partial charge on any atom is 0.0721 e. The van der Waals surface area contributed by atoms with Gasteiger partial charge in [-0.3, -0.25) is 5.84 Å². The van der Waals surface area contributed by atoms with E-state index in [0.29, 0.717) is 0 Å². The van der Waals surface area contributed by atoms with Crippen molar-refractivity contribution >= 4 is 15.9 Å². The zero-order valence-corrected chi connectivity index (χ0v) is 12.2. The van der Waals surface area contributed by atoms with Crippen LogP contribution in [0.2, 0.25) is 0 Å². The molecule has 3 heteroatoms. The molecule has 1 atom stereocenters. The lowest BCUT2D eigenvalue weighted by Crippen LogP contribution is -2.29. The van der Waals surface area contributed by atoms with Crippen molar-refractivity contribution in [3.63, 3.8) is 0 Å². The van der Waals surface area contributed by atoms with E-state index in [4.69, 9.17) is 5.84 Å². The predicted molar refractivity (Wildman–Crippen MR) is 79.2 cm³/mol. The van der Waals surface area contributed by atoms with Gasteiger partial charge < -0.3 is 0 Å². The molecule has 0 spiro atoms. The van der Waals surface area contributed by atoms with Crippen LogP contribution < -0.4 is 11.3 Å². The maximum atomic E-state index is 5.72. The molecule has 0 bridgehead atoms. The SMILES string of the molecule is Cc1cccc(C(NN)c2ccc(C)cc2Br)c1. The minimum Gasteiger partial charge on any atom is -0.271 e. The zero-order chi connectivity index (χ0) is 13.1. The summed E-state index contributed by atoms with van der Waals surface area (Å²) >= 11 is 3.61. The van der Waals surface area contributed by atoms with E-state index < -0.39 is 0 Å². The Bertz CT molecular complexity index is 552. The van der Waals surface area contributed by atoms with Crippen molar-refractivity contribution in [1.82, 2.24) is 5.43 Å². The van der Waals surface area contributed by atoms with E-state index >= 15 is 0 Å². The first-order valence-electron chi connectivity index (χ1n) is 5.90. The quantitative estimate of drug-likeness (QED) is 0.671. The molecule has 2 aromatic carbocycles. The van der Waals surface area contributed by atoms with Crippen LogP contribution in [-0.2, 0) is 0 Å². The minimum absolute atomic E-state index is 0.000116. The Morgan fingerprint density at radius 2 is 1.78 bits per heavy atom. The molecule has 0 radical (unpaired) electrons. The first kappa shape index (κ1) is 13.3. The second-order valence-corrected chi connectivity index (χ2v) is 5.39. The molecule has 18 heavy (non-hydrogen) atoms. The summed E-state index contributed by atoms with van der Waals surface area (Å²) in [6.45, 7) is 4.16. The molecule has 0 heterocycles. The Morgan fingerprint density at radius 3 is 2.39 bits per heavy atom. The van der Waals surface area contributed by atoms with E-state index in [0.717, 1.165) is 10.0 Å². The van der Waals surface area contributed by atoms with Gasteiger partial charge in [-0.2, -0.15) is 0 Å². The summed E-state index contributed by atoms with van der Waals surface area (Å²) in [4.78, 5) is 0. The fourth-order valence-electron chi connectivity index (χ4n) is 2.08. The number of benzene rings is 2. The average molecular weight is 305 g/mol. The van der Waals surface area contributed by atoms with Gasteiger partial charge >= 0.3 is 0 Å². The van der Waals surface area contributed by atoms with Gasteiger partial charge in [0.1, 0.15) is 0 Å². The van der Waals surface area contributed by atoms with Crippen LogP contribution in [0.3, 0.4) is 0 Å². The van der Waals surface area contributed by atoms with Crippen LogP contribution in [0.25, 0.3) is 0 Å². The molecule has 2 aromatic rings. The topological polar surface area (TPSA) is 38.0 Å². The Balaban J connectivity index is 2.45. The van der Waals surface area contributed by atoms with Gasteiger partial charge in [0.2, 0.25) is 0 Å². The zero-order valence-electron chi connectivity index (χ0n) is 10.6. The highest BCUT2D eigenvalue weighted by Gasteiger charge is 2.15. The smallest absolute Gasteiger partial charge is 0.0721 e. The maximum absolute atomic E-state index is 5.72. The average Bonchev–Trinajstić information content (AvgIpc) is 2.33. The molecule has 0 aromatic heterocycles. The summed E-state index contributed by atoms with van der Waals surface area (Å²) in [5.41, 5.74) is 7.67. The number of rotatable bonds is 3. The summed E-state index contributed by atoms with van der Waals surface area (Å²) in [5.74, 6) is 5.72. The summed E-state index contributed by atoms with van der Waals surface area (Å²) in [5, 5.41) is 0. The van der Waals surface area contributed by atoms with Gasteiger partial charge in [0.05, 0.1) is 6.04 Å². The van der Waals surface area contributed by atoms with Crippen LogP contribution in [-0.4, -0.2) is 0 Å². The number of aryl methyl sites for hydroxylation is 2. The van der Waals surface area contributed by atoms with Crippen molar-refractivity contribution in [3.8, 4) is 0 Å². The Morgan fingerprint density at radius 1 is 1.06 bits per heavy atom. The number of hydrogen-bond acceptors (Lipinski definition) is 2. The van der Waals surface area contributed by atoms with E-state index in [-0.39, 0.29) is 6.04 Å². The van der Waals surface area contributed by atoms with E-state index in [9.17, 15) is 0 Å². The van der Waals surface area contributed by atoms with Crippen LogP contribution in [0.15, 0.2) is 46.9 Å². The molecule has 0 amide bonds. The van der Waals surface area contributed by atoms with Crippen molar-refractivity contribution in [2.75, 3.05) is 0 Å². The highest BCUT2D eigenvalue weighted by atomic mass is 79.9. The molecule has 0 fully saturated rings. The lowest BCUT2D eigenvalue weighted by Gasteiger charge is -2.19. The fourth-order valence-corrected chi connectivity index (χ4v) is 2.80. The van der Waals surface area contributed by atoms with E-state index in [1.807, 2.05) is 0 Å². The van der Waals surface area contributed by atoms with Gasteiger partial charge in [0.25, 0.3) is 0 Å². The molecule has 0 aliphatic heterocycles. The lowest BCUT2D eigenvalue weighted by molar-refractivity contribution is 0.634. The van der Waals surface area contributed by atoms with Crippen molar-refractivity contribution < 1.29 is 0 Å². The molecule has 0 saturated heterocycles. The standard InChI is InChI=1S/C15H17BrN2/c1-10-4-3-5-12(8-10)15(18-17)13-7-6-11(2)9-14(13)16/h3-9,15,18H,17H2,1-2H3. The second-order valence-electron chi connectivity index (χ2n) is 4.54. The van der Waals surface area contributed by atoms with Crippen molar-refractivity contribution in [3.05, 3.63) is 69.2 Å². The van der Waals surface area contributed by atoms with Crippen LogP contribution in [0.4, 0.5) is 0 Å². The van der Waals surface area contributed by atoms with Crippen molar-refractivity contribution in [1.29, 1.82) is 0 Å². The number of nitrogens with one attached hydrogen (secondary N) is 1. The summed E-state index contributed by atoms with van der Waals surface area (Å²) < 4.78 is 1.08. The molecule has 0 saturated carbocycles. The molecule has 0 aliphatic carbocycles. The monoisotopic (exact) mass is 304 g/mol. The third-order valence-corrected chi connectivity index (χ3v) is 3.70. The van der Waals surface area contributed by atoms with Crippen LogP contribution >= 0.6 is 15.9 Å². The van der Waals surface area contributed by atoms with Crippen LogP contribution in [0.5, 0.6) is 0 Å². The number of halogens is 1. The molecule has 94 valence electrons. The van der Waals surface area contributed by atoms with Gasteiger partial charge in [-0.1, -0.05) is 57.9 Å². The highest BCUT2D eigenvalue weighted by molar-refractivity contribution is 9.10. The number of hydrazine groups is 1. The van der Waals surface area contributed by atoms with Crippen molar-refractivity contribution in [2.24, 2.45) is 5.84 Å². The van der Waals surface area contributed by atoms with Gasteiger partial charge in [0, 0.05) is 4.47 Å². The van der Waals surface area contributed by atoms with Crippen LogP contribution in [0.1, 0.15) is 28.3 Å². The first-order chi connectivity index (χ1) is 8.61. The number of nitrogens with two attached hydrogens (primary N) is 1. The van der Waals surface area contributed by atoms with E-state index in [2.05, 4.69) is 77.7 Å². The second kappa shape index (κ2) is 5.65. The van der Waals surface area contributed by atoms with E-state index in [1.165, 1.54) is 16.7 Å². The molecule has 3 N–H and O–H groups in total. The molecule has 0 aliphatic rings. The summed E-state index contributed by atoms with van der Waals surface area (Å²) in [6, 6.07) is 14.7. The molecule has 1 unspecified atom stereocenters. The molecular formula is C15H17BrN2. The first-order valence-corrected chi connectivity index (χ1v) is 6.70. The minimum atomic E-state index is -0.000116. The van der Waals surface area contributed by atoms with Crippen molar-refractivity contribution in [2.45, 2.75) is 19.9 Å². The third kappa shape index (κ3) is 2.80. The predicted octanol–water partition coefficient (Wildman–Crippen LogP) is 3.62. The Kier molecular flexibility index (Phi) is 4.17. The van der Waals surface area contributed by atoms with E-state index in [1.54, 1.807) is 0 Å². The summed E-state index contributed by atoms with van der Waals surface area (Å²) in [7, 11) is 0. The third-order valence-electron chi connectivity index (χ3n) is 3.01. The normalized spacial score (nSPS) is 12.4. The number of hydrogen-bond donors (Lipinski definition) is 2. The van der Waals surface area contributed by atoms with Gasteiger partial charge in [-0.15, -0.1) is 0 Å². The molecular weight excluding hydrogens is 288 g/mol. The summed E-state index contributed by atoms with van der Waals surface area (Å²) in [6.07, 6.45) is 0. The van der Waals surface area contributed by atoms with Crippen LogP contribution in [0, 0.1) is 13.8 Å². The molecule has 2 rings (SSSR count).